The normalized spacial score (nSPS) is 16.4. The summed E-state index contributed by atoms with van der Waals surface area (Å²) in [5.41, 5.74) is -0.980. The molecular formula is C21H36O6S. The first-order valence-corrected chi connectivity index (χ1v) is 11.2. The van der Waals surface area contributed by atoms with Crippen LogP contribution >= 0.6 is 0 Å². The Hall–Kier alpha value is -1.15. The quantitative estimate of drug-likeness (QED) is 0.392. The van der Waals surface area contributed by atoms with Crippen LogP contribution in [0.4, 0.5) is 0 Å². The maximum atomic E-state index is 12.0. The summed E-state index contributed by atoms with van der Waals surface area (Å²) in [6, 6.07) is 8.87. The van der Waals surface area contributed by atoms with E-state index in [4.69, 9.17) is 13.7 Å². The molecule has 162 valence electrons. The molecule has 7 heteroatoms. The van der Waals surface area contributed by atoms with E-state index in [9.17, 15) is 13.0 Å². The molecule has 0 aliphatic carbocycles. The SMILES string of the molecule is CCCC(OCC)C(Oc1ccccc1)(OS(=O)(=O)O)C(C)(C)CC(C)(C)C. The van der Waals surface area contributed by atoms with Gasteiger partial charge in [0.2, 0.25) is 0 Å². The molecule has 0 aliphatic heterocycles. The summed E-state index contributed by atoms with van der Waals surface area (Å²) in [6.45, 7) is 14.1. The highest BCUT2D eigenvalue weighted by Gasteiger charge is 2.58. The van der Waals surface area contributed by atoms with Gasteiger partial charge in [-0.1, -0.05) is 66.2 Å². The van der Waals surface area contributed by atoms with Gasteiger partial charge in [-0.15, -0.1) is 0 Å². The molecule has 28 heavy (non-hydrogen) atoms. The van der Waals surface area contributed by atoms with E-state index in [1.165, 1.54) is 0 Å². The van der Waals surface area contributed by atoms with Crippen molar-refractivity contribution in [2.45, 2.75) is 79.6 Å². The zero-order valence-electron chi connectivity index (χ0n) is 18.2. The lowest BCUT2D eigenvalue weighted by Crippen LogP contribution is -2.62. The van der Waals surface area contributed by atoms with Crippen molar-refractivity contribution >= 4 is 10.4 Å². The second kappa shape index (κ2) is 9.57. The van der Waals surface area contributed by atoms with Crippen LogP contribution in [0.2, 0.25) is 0 Å². The van der Waals surface area contributed by atoms with Crippen molar-refractivity contribution in [3.8, 4) is 5.75 Å². The van der Waals surface area contributed by atoms with Crippen LogP contribution in [0.1, 0.15) is 67.7 Å². The molecule has 1 aromatic carbocycles. The first-order chi connectivity index (χ1) is 12.8. The molecule has 0 amide bonds. The fourth-order valence-corrected chi connectivity index (χ4v) is 4.62. The van der Waals surface area contributed by atoms with E-state index in [-0.39, 0.29) is 5.41 Å². The Morgan fingerprint density at radius 3 is 2.04 bits per heavy atom. The molecule has 0 aliphatic rings. The van der Waals surface area contributed by atoms with Crippen LogP contribution < -0.4 is 4.74 Å². The summed E-state index contributed by atoms with van der Waals surface area (Å²) in [4.78, 5) is 0. The van der Waals surface area contributed by atoms with E-state index in [1.54, 1.807) is 24.3 Å². The van der Waals surface area contributed by atoms with E-state index < -0.39 is 27.7 Å². The van der Waals surface area contributed by atoms with E-state index in [2.05, 4.69) is 20.8 Å². The Labute approximate surface area is 170 Å². The largest absolute Gasteiger partial charge is 0.458 e. The summed E-state index contributed by atoms with van der Waals surface area (Å²) < 4.78 is 51.2. The Balaban J connectivity index is 3.68. The van der Waals surface area contributed by atoms with Crippen LogP contribution in [-0.4, -0.2) is 31.5 Å². The van der Waals surface area contributed by atoms with Crippen molar-refractivity contribution in [1.29, 1.82) is 0 Å². The lowest BCUT2D eigenvalue weighted by Gasteiger charge is -2.50. The molecule has 0 saturated heterocycles. The van der Waals surface area contributed by atoms with Gasteiger partial charge in [0.1, 0.15) is 11.9 Å². The van der Waals surface area contributed by atoms with Crippen molar-refractivity contribution in [1.82, 2.24) is 0 Å². The van der Waals surface area contributed by atoms with Crippen LogP contribution in [0.25, 0.3) is 0 Å². The number of hydrogen-bond donors (Lipinski definition) is 1. The van der Waals surface area contributed by atoms with E-state index in [0.29, 0.717) is 25.2 Å². The van der Waals surface area contributed by atoms with Gasteiger partial charge in [-0.3, -0.25) is 4.55 Å². The molecule has 0 aromatic heterocycles. The molecule has 0 fully saturated rings. The summed E-state index contributed by atoms with van der Waals surface area (Å²) in [6.07, 6.45) is 1.09. The highest BCUT2D eigenvalue weighted by Crippen LogP contribution is 2.48. The molecule has 0 bridgehead atoms. The van der Waals surface area contributed by atoms with E-state index in [0.717, 1.165) is 6.42 Å². The summed E-state index contributed by atoms with van der Waals surface area (Å²) in [7, 11) is -4.83. The van der Waals surface area contributed by atoms with Gasteiger partial charge in [-0.25, -0.2) is 0 Å². The maximum Gasteiger partial charge on any atom is 0.401 e. The lowest BCUT2D eigenvalue weighted by molar-refractivity contribution is -0.267. The van der Waals surface area contributed by atoms with Crippen LogP contribution in [0.5, 0.6) is 5.75 Å². The minimum absolute atomic E-state index is 0.152. The Morgan fingerprint density at radius 1 is 1.04 bits per heavy atom. The van der Waals surface area contributed by atoms with Gasteiger partial charge in [0.25, 0.3) is 5.79 Å². The van der Waals surface area contributed by atoms with Crippen molar-refractivity contribution in [2.24, 2.45) is 10.8 Å². The third-order valence-electron chi connectivity index (χ3n) is 4.50. The molecule has 0 radical (unpaired) electrons. The summed E-state index contributed by atoms with van der Waals surface area (Å²) in [5, 5.41) is 0. The van der Waals surface area contributed by atoms with Gasteiger partial charge in [-0.2, -0.15) is 12.6 Å². The number of para-hydroxylation sites is 1. The van der Waals surface area contributed by atoms with Crippen LogP contribution in [0, 0.1) is 10.8 Å². The fraction of sp³-hybridized carbons (Fsp3) is 0.714. The standard InChI is InChI=1S/C21H36O6S/c1-8-13-18(25-9-2)21(27-28(22,23)24,20(6,7)16-19(3,4)5)26-17-14-11-10-12-15-17/h10-12,14-15,18H,8-9,13,16H2,1-7H3,(H,22,23,24). The van der Waals surface area contributed by atoms with Crippen molar-refractivity contribution in [3.05, 3.63) is 30.3 Å². The molecule has 0 saturated carbocycles. The highest BCUT2D eigenvalue weighted by atomic mass is 32.3. The molecule has 0 spiro atoms. The van der Waals surface area contributed by atoms with Crippen molar-refractivity contribution in [2.75, 3.05) is 6.61 Å². The van der Waals surface area contributed by atoms with Gasteiger partial charge in [0.05, 0.1) is 0 Å². The maximum absolute atomic E-state index is 12.0. The smallest absolute Gasteiger partial charge is 0.401 e. The van der Waals surface area contributed by atoms with E-state index >= 15 is 0 Å². The third kappa shape index (κ3) is 7.03. The minimum Gasteiger partial charge on any atom is -0.458 e. The first-order valence-electron chi connectivity index (χ1n) is 9.80. The van der Waals surface area contributed by atoms with Gasteiger partial charge in [0, 0.05) is 12.0 Å². The van der Waals surface area contributed by atoms with Gasteiger partial charge in [0.15, 0.2) is 0 Å². The zero-order valence-corrected chi connectivity index (χ0v) is 19.0. The Bertz CT molecular complexity index is 687. The van der Waals surface area contributed by atoms with Gasteiger partial charge < -0.3 is 9.47 Å². The van der Waals surface area contributed by atoms with Crippen LogP contribution in [0.3, 0.4) is 0 Å². The Kier molecular flexibility index (Phi) is 8.50. The predicted molar refractivity (Wildman–Crippen MR) is 111 cm³/mol. The molecular weight excluding hydrogens is 380 g/mol. The molecule has 2 atom stereocenters. The van der Waals surface area contributed by atoms with Crippen molar-refractivity contribution < 1.29 is 26.6 Å². The fourth-order valence-electron chi connectivity index (χ4n) is 3.94. The Morgan fingerprint density at radius 2 is 1.61 bits per heavy atom. The highest BCUT2D eigenvalue weighted by molar-refractivity contribution is 7.80. The molecule has 1 N–H and O–H groups in total. The number of rotatable bonds is 11. The summed E-state index contributed by atoms with van der Waals surface area (Å²) >= 11 is 0. The van der Waals surface area contributed by atoms with Crippen LogP contribution in [-0.2, 0) is 19.3 Å². The van der Waals surface area contributed by atoms with Crippen LogP contribution in [0.15, 0.2) is 30.3 Å². The van der Waals surface area contributed by atoms with E-state index in [1.807, 2.05) is 33.8 Å². The number of ether oxygens (including phenoxy) is 2. The van der Waals surface area contributed by atoms with Gasteiger partial charge in [-0.05, 0) is 37.3 Å². The third-order valence-corrected chi connectivity index (χ3v) is 4.96. The molecule has 1 aromatic rings. The minimum atomic E-state index is -4.83. The topological polar surface area (TPSA) is 82.1 Å². The molecule has 1 rings (SSSR count). The average molecular weight is 417 g/mol. The number of benzene rings is 1. The second-order valence-corrected chi connectivity index (χ2v) is 9.97. The predicted octanol–water partition coefficient (Wildman–Crippen LogP) is 5.25. The molecule has 6 nitrogen and oxygen atoms in total. The van der Waals surface area contributed by atoms with Crippen molar-refractivity contribution in [3.63, 3.8) is 0 Å². The summed E-state index contributed by atoms with van der Waals surface area (Å²) in [5.74, 6) is -1.31. The zero-order chi connectivity index (χ0) is 21.6. The molecule has 2 unspecified atom stereocenters. The lowest BCUT2D eigenvalue weighted by atomic mass is 9.69. The molecule has 0 heterocycles. The second-order valence-electron chi connectivity index (χ2n) is 8.95. The first kappa shape index (κ1) is 24.9. The number of hydrogen-bond acceptors (Lipinski definition) is 5. The van der Waals surface area contributed by atoms with Gasteiger partial charge >= 0.3 is 10.4 Å². The monoisotopic (exact) mass is 416 g/mol. The average Bonchev–Trinajstić information content (AvgIpc) is 2.51.